The highest BCUT2D eigenvalue weighted by Gasteiger charge is 2.70. The summed E-state index contributed by atoms with van der Waals surface area (Å²) in [5.41, 5.74) is 6.52. The second-order valence-electron chi connectivity index (χ2n) is 7.42. The number of hydrogen-bond acceptors (Lipinski definition) is 3. The van der Waals surface area contributed by atoms with Crippen LogP contribution in [0, 0.1) is 11.3 Å². The van der Waals surface area contributed by atoms with Crippen LogP contribution in [-0.2, 0) is 16.1 Å². The van der Waals surface area contributed by atoms with Crippen LogP contribution in [0.4, 0.5) is 0 Å². The molecule has 1 saturated heterocycles. The standard InChI is InChI=1S/C18H25ClN2O2/c1-17(2)15-14(5-4-10-23-15)18(17,20)16(22)21(3)11-12-6-8-13(19)9-7-12/h6-9,14-15H,4-5,10-11,20H2,1-3H3. The Balaban J connectivity index is 1.77. The molecule has 126 valence electrons. The van der Waals surface area contributed by atoms with Crippen molar-refractivity contribution in [3.63, 3.8) is 0 Å². The van der Waals surface area contributed by atoms with Gasteiger partial charge in [0.05, 0.1) is 6.10 Å². The van der Waals surface area contributed by atoms with Gasteiger partial charge in [0.25, 0.3) is 0 Å². The molecule has 1 aliphatic heterocycles. The normalized spacial score (nSPS) is 31.9. The van der Waals surface area contributed by atoms with Gasteiger partial charge in [-0.2, -0.15) is 0 Å². The zero-order valence-corrected chi connectivity index (χ0v) is 14.8. The maximum Gasteiger partial charge on any atom is 0.243 e. The summed E-state index contributed by atoms with van der Waals surface area (Å²) in [6.45, 7) is 5.40. The van der Waals surface area contributed by atoms with E-state index in [0.29, 0.717) is 11.6 Å². The molecule has 2 N–H and O–H groups in total. The van der Waals surface area contributed by atoms with E-state index in [9.17, 15) is 4.79 Å². The SMILES string of the molecule is CN(Cc1ccc(Cl)cc1)C(=O)C1(N)C2CCCOC2C1(C)C. The van der Waals surface area contributed by atoms with E-state index in [1.54, 1.807) is 4.90 Å². The Bertz CT molecular complexity index is 602. The summed E-state index contributed by atoms with van der Waals surface area (Å²) in [5, 5.41) is 0.695. The Kier molecular flexibility index (Phi) is 4.20. The van der Waals surface area contributed by atoms with Crippen LogP contribution in [-0.4, -0.2) is 36.1 Å². The molecule has 0 bridgehead atoms. The summed E-state index contributed by atoms with van der Waals surface area (Å²) in [7, 11) is 1.82. The number of carbonyl (C=O) groups is 1. The van der Waals surface area contributed by atoms with Crippen molar-refractivity contribution in [2.24, 2.45) is 17.1 Å². The minimum Gasteiger partial charge on any atom is -0.377 e. The third-order valence-corrected chi connectivity index (χ3v) is 5.97. The van der Waals surface area contributed by atoms with Crippen molar-refractivity contribution < 1.29 is 9.53 Å². The zero-order valence-electron chi connectivity index (χ0n) is 14.0. The van der Waals surface area contributed by atoms with E-state index in [4.69, 9.17) is 22.1 Å². The molecule has 2 fully saturated rings. The number of rotatable bonds is 3. The van der Waals surface area contributed by atoms with E-state index in [-0.39, 0.29) is 23.3 Å². The highest BCUT2D eigenvalue weighted by Crippen LogP contribution is 2.57. The number of fused-ring (bicyclic) bond motifs is 1. The molecule has 1 saturated carbocycles. The number of nitrogens with zero attached hydrogens (tertiary/aromatic N) is 1. The number of amides is 1. The molecule has 1 aliphatic carbocycles. The van der Waals surface area contributed by atoms with Crippen molar-refractivity contribution in [2.75, 3.05) is 13.7 Å². The van der Waals surface area contributed by atoms with Crippen molar-refractivity contribution in [3.05, 3.63) is 34.9 Å². The third kappa shape index (κ3) is 2.48. The Morgan fingerprint density at radius 3 is 2.70 bits per heavy atom. The number of likely N-dealkylation sites (N-methyl/N-ethyl adjacent to an activating group) is 1. The number of carbonyl (C=O) groups excluding carboxylic acids is 1. The first-order valence-electron chi connectivity index (χ1n) is 8.19. The van der Waals surface area contributed by atoms with E-state index in [1.807, 2.05) is 45.2 Å². The van der Waals surface area contributed by atoms with Gasteiger partial charge in [0.15, 0.2) is 0 Å². The van der Waals surface area contributed by atoms with Gasteiger partial charge in [0.2, 0.25) is 5.91 Å². The smallest absolute Gasteiger partial charge is 0.243 e. The second kappa shape index (κ2) is 5.76. The number of benzene rings is 1. The molecule has 4 nitrogen and oxygen atoms in total. The van der Waals surface area contributed by atoms with Gasteiger partial charge < -0.3 is 15.4 Å². The summed E-state index contributed by atoms with van der Waals surface area (Å²) in [5.74, 6) is 0.121. The summed E-state index contributed by atoms with van der Waals surface area (Å²) in [4.78, 5) is 14.8. The molecule has 5 heteroatoms. The number of ether oxygens (including phenoxy) is 1. The van der Waals surface area contributed by atoms with Crippen LogP contribution in [0.25, 0.3) is 0 Å². The first kappa shape index (κ1) is 16.7. The minimum absolute atomic E-state index is 0.00389. The Morgan fingerprint density at radius 1 is 1.39 bits per heavy atom. The quantitative estimate of drug-likeness (QED) is 0.923. The first-order chi connectivity index (χ1) is 10.8. The van der Waals surface area contributed by atoms with Crippen LogP contribution >= 0.6 is 11.6 Å². The largest absolute Gasteiger partial charge is 0.377 e. The molecule has 0 spiro atoms. The van der Waals surface area contributed by atoms with Gasteiger partial charge in [-0.05, 0) is 30.5 Å². The molecule has 0 aromatic heterocycles. The summed E-state index contributed by atoms with van der Waals surface area (Å²) in [6, 6.07) is 7.55. The van der Waals surface area contributed by atoms with Crippen molar-refractivity contribution in [1.82, 2.24) is 4.90 Å². The molecule has 1 aromatic rings. The van der Waals surface area contributed by atoms with E-state index in [1.165, 1.54) is 0 Å². The van der Waals surface area contributed by atoms with Crippen LogP contribution in [0.15, 0.2) is 24.3 Å². The van der Waals surface area contributed by atoms with Gasteiger partial charge in [0.1, 0.15) is 5.54 Å². The maximum absolute atomic E-state index is 13.1. The van der Waals surface area contributed by atoms with E-state index in [0.717, 1.165) is 25.0 Å². The molecular formula is C18H25ClN2O2. The number of nitrogens with two attached hydrogens (primary N) is 1. The summed E-state index contributed by atoms with van der Waals surface area (Å²) in [6.07, 6.45) is 2.03. The van der Waals surface area contributed by atoms with Gasteiger partial charge in [-0.15, -0.1) is 0 Å². The molecule has 3 unspecified atom stereocenters. The van der Waals surface area contributed by atoms with Crippen molar-refractivity contribution in [2.45, 2.75) is 44.9 Å². The van der Waals surface area contributed by atoms with Gasteiger partial charge in [-0.1, -0.05) is 37.6 Å². The number of hydrogen-bond donors (Lipinski definition) is 1. The van der Waals surface area contributed by atoms with Crippen LogP contribution in [0.1, 0.15) is 32.3 Å². The van der Waals surface area contributed by atoms with Crippen LogP contribution < -0.4 is 5.73 Å². The molecule has 3 rings (SSSR count). The lowest BCUT2D eigenvalue weighted by Gasteiger charge is -2.65. The van der Waals surface area contributed by atoms with Crippen molar-refractivity contribution >= 4 is 17.5 Å². The highest BCUT2D eigenvalue weighted by atomic mass is 35.5. The third-order valence-electron chi connectivity index (χ3n) is 5.72. The van der Waals surface area contributed by atoms with Crippen molar-refractivity contribution in [1.29, 1.82) is 0 Å². The average molecular weight is 337 g/mol. The van der Waals surface area contributed by atoms with Crippen molar-refractivity contribution in [3.8, 4) is 0 Å². The zero-order chi connectivity index (χ0) is 16.8. The lowest BCUT2D eigenvalue weighted by Crippen LogP contribution is -2.82. The Labute approximate surface area is 142 Å². The number of halogens is 1. The molecule has 2 aliphatic rings. The van der Waals surface area contributed by atoms with E-state index in [2.05, 4.69) is 0 Å². The highest BCUT2D eigenvalue weighted by molar-refractivity contribution is 6.30. The molecule has 0 radical (unpaired) electrons. The summed E-state index contributed by atoms with van der Waals surface area (Å²) < 4.78 is 5.88. The maximum atomic E-state index is 13.1. The van der Waals surface area contributed by atoms with E-state index >= 15 is 0 Å². The second-order valence-corrected chi connectivity index (χ2v) is 7.85. The fraction of sp³-hybridized carbons (Fsp3) is 0.611. The molecule has 1 aromatic carbocycles. The lowest BCUT2D eigenvalue weighted by atomic mass is 9.46. The van der Waals surface area contributed by atoms with Crippen LogP contribution in [0.3, 0.4) is 0 Å². The summed E-state index contributed by atoms with van der Waals surface area (Å²) >= 11 is 5.91. The lowest BCUT2D eigenvalue weighted by molar-refractivity contribution is -0.229. The van der Waals surface area contributed by atoms with Gasteiger partial charge >= 0.3 is 0 Å². The topological polar surface area (TPSA) is 55.6 Å². The minimum atomic E-state index is -0.848. The molecule has 1 heterocycles. The average Bonchev–Trinajstić information content (AvgIpc) is 2.55. The molecule has 1 amide bonds. The van der Waals surface area contributed by atoms with Gasteiger partial charge in [-0.25, -0.2) is 0 Å². The van der Waals surface area contributed by atoms with Gasteiger partial charge in [0, 0.05) is 36.6 Å². The first-order valence-corrected chi connectivity index (χ1v) is 8.57. The Morgan fingerprint density at radius 2 is 2.04 bits per heavy atom. The molecule has 23 heavy (non-hydrogen) atoms. The molecule has 3 atom stereocenters. The predicted molar refractivity (Wildman–Crippen MR) is 91.1 cm³/mol. The Hall–Kier alpha value is -1.10. The monoisotopic (exact) mass is 336 g/mol. The van der Waals surface area contributed by atoms with Crippen LogP contribution in [0.5, 0.6) is 0 Å². The van der Waals surface area contributed by atoms with Gasteiger partial charge in [-0.3, -0.25) is 4.79 Å². The fourth-order valence-corrected chi connectivity index (χ4v) is 4.39. The van der Waals surface area contributed by atoms with E-state index < -0.39 is 5.54 Å². The van der Waals surface area contributed by atoms with Crippen LogP contribution in [0.2, 0.25) is 5.02 Å². The fourth-order valence-electron chi connectivity index (χ4n) is 4.26. The molecular weight excluding hydrogens is 312 g/mol. The predicted octanol–water partition coefficient (Wildman–Crippen LogP) is 2.83.